The summed E-state index contributed by atoms with van der Waals surface area (Å²) in [6.07, 6.45) is 0. The van der Waals surface area contributed by atoms with E-state index in [1.807, 2.05) is 37.1 Å². The van der Waals surface area contributed by atoms with Crippen LogP contribution in [0.1, 0.15) is 18.5 Å². The largest absolute Gasteiger partial charge is 0.496 e. The van der Waals surface area contributed by atoms with Crippen LogP contribution in [0.25, 0.3) is 0 Å². The molecule has 1 aliphatic heterocycles. The van der Waals surface area contributed by atoms with Crippen LogP contribution in [-0.2, 0) is 0 Å². The average Bonchev–Trinajstić information content (AvgIpc) is 2.66. The first-order chi connectivity index (χ1) is 8.58. The maximum Gasteiger partial charge on any atom is 0.320 e. The van der Waals surface area contributed by atoms with Gasteiger partial charge in [0.25, 0.3) is 0 Å². The third-order valence-corrected chi connectivity index (χ3v) is 3.86. The summed E-state index contributed by atoms with van der Waals surface area (Å²) in [5, 5.41) is 0. The zero-order valence-corrected chi connectivity index (χ0v) is 12.4. The maximum atomic E-state index is 12.0. The van der Waals surface area contributed by atoms with Gasteiger partial charge in [0, 0.05) is 30.2 Å². The number of methoxy groups -OCH3 is 1. The summed E-state index contributed by atoms with van der Waals surface area (Å²) >= 11 is 3.47. The lowest BCUT2D eigenvalue weighted by Gasteiger charge is -2.20. The molecule has 98 valence electrons. The minimum atomic E-state index is 0.0462. The molecule has 0 bridgehead atoms. The Morgan fingerprint density at radius 3 is 2.78 bits per heavy atom. The summed E-state index contributed by atoms with van der Waals surface area (Å²) in [4.78, 5) is 15.6. The number of hydrogen-bond acceptors (Lipinski definition) is 2. The third kappa shape index (κ3) is 2.19. The lowest BCUT2D eigenvalue weighted by atomic mass is 10.1. The Morgan fingerprint density at radius 2 is 2.22 bits per heavy atom. The van der Waals surface area contributed by atoms with E-state index in [-0.39, 0.29) is 12.1 Å². The van der Waals surface area contributed by atoms with Gasteiger partial charge in [0.2, 0.25) is 0 Å². The number of urea groups is 1. The number of rotatable bonds is 3. The zero-order chi connectivity index (χ0) is 13.3. The average molecular weight is 313 g/mol. The van der Waals surface area contributed by atoms with Crippen LogP contribution in [0.5, 0.6) is 5.75 Å². The molecule has 0 spiro atoms. The number of carbonyl (C=O) groups is 1. The molecule has 1 atom stereocenters. The van der Waals surface area contributed by atoms with Gasteiger partial charge in [-0.3, -0.25) is 0 Å². The van der Waals surface area contributed by atoms with Gasteiger partial charge in [-0.1, -0.05) is 15.9 Å². The highest BCUT2D eigenvalue weighted by atomic mass is 79.9. The van der Waals surface area contributed by atoms with Crippen molar-refractivity contribution >= 4 is 22.0 Å². The molecule has 5 heteroatoms. The number of benzene rings is 1. The van der Waals surface area contributed by atoms with Gasteiger partial charge in [0.1, 0.15) is 5.75 Å². The Labute approximate surface area is 116 Å². The fourth-order valence-corrected chi connectivity index (χ4v) is 2.68. The van der Waals surface area contributed by atoms with E-state index in [1.165, 1.54) is 0 Å². The van der Waals surface area contributed by atoms with Gasteiger partial charge in [-0.2, -0.15) is 0 Å². The monoisotopic (exact) mass is 312 g/mol. The van der Waals surface area contributed by atoms with Gasteiger partial charge >= 0.3 is 6.03 Å². The SMILES string of the molecule is CCN1CC(c2cc(Br)ccc2OC)N(C)C1=O. The van der Waals surface area contributed by atoms with Crippen molar-refractivity contribution in [1.82, 2.24) is 9.80 Å². The first-order valence-corrected chi connectivity index (χ1v) is 6.73. The highest BCUT2D eigenvalue weighted by Gasteiger charge is 2.36. The van der Waals surface area contributed by atoms with Gasteiger partial charge in [-0.25, -0.2) is 4.79 Å². The van der Waals surface area contributed by atoms with Crippen LogP contribution >= 0.6 is 15.9 Å². The van der Waals surface area contributed by atoms with Crippen LogP contribution in [0, 0.1) is 0 Å². The van der Waals surface area contributed by atoms with Crippen molar-refractivity contribution in [3.63, 3.8) is 0 Å². The summed E-state index contributed by atoms with van der Waals surface area (Å²) in [6.45, 7) is 3.43. The molecule has 0 aliphatic carbocycles. The minimum absolute atomic E-state index is 0.0462. The molecule has 0 radical (unpaired) electrons. The Bertz CT molecular complexity index is 464. The lowest BCUT2D eigenvalue weighted by Crippen LogP contribution is -2.29. The summed E-state index contributed by atoms with van der Waals surface area (Å²) < 4.78 is 6.38. The normalized spacial score (nSPS) is 19.6. The Kier molecular flexibility index (Phi) is 3.80. The van der Waals surface area contributed by atoms with Crippen molar-refractivity contribution in [3.8, 4) is 5.75 Å². The fraction of sp³-hybridized carbons (Fsp3) is 0.462. The van der Waals surface area contributed by atoms with Crippen LogP contribution in [-0.4, -0.2) is 43.1 Å². The first-order valence-electron chi connectivity index (χ1n) is 5.93. The summed E-state index contributed by atoms with van der Waals surface area (Å²) in [6, 6.07) is 6.00. The number of carbonyl (C=O) groups excluding carboxylic acids is 1. The number of likely N-dealkylation sites (N-methyl/N-ethyl adjacent to an activating group) is 2. The second-order valence-electron chi connectivity index (χ2n) is 4.33. The van der Waals surface area contributed by atoms with Crippen LogP contribution in [0.15, 0.2) is 22.7 Å². The molecule has 0 N–H and O–H groups in total. The number of amides is 2. The number of hydrogen-bond donors (Lipinski definition) is 0. The van der Waals surface area contributed by atoms with Crippen molar-refractivity contribution in [2.45, 2.75) is 13.0 Å². The highest BCUT2D eigenvalue weighted by molar-refractivity contribution is 9.10. The molecule has 1 fully saturated rings. The Morgan fingerprint density at radius 1 is 1.50 bits per heavy atom. The highest BCUT2D eigenvalue weighted by Crippen LogP contribution is 2.35. The van der Waals surface area contributed by atoms with Crippen LogP contribution < -0.4 is 4.74 Å². The Hall–Kier alpha value is -1.23. The van der Waals surface area contributed by atoms with Gasteiger partial charge in [-0.05, 0) is 25.1 Å². The van der Waals surface area contributed by atoms with E-state index in [2.05, 4.69) is 15.9 Å². The third-order valence-electron chi connectivity index (χ3n) is 3.37. The molecule has 1 heterocycles. The van der Waals surface area contributed by atoms with Crippen molar-refractivity contribution in [2.75, 3.05) is 27.2 Å². The second kappa shape index (κ2) is 5.18. The molecule has 2 amide bonds. The van der Waals surface area contributed by atoms with E-state index >= 15 is 0 Å². The molecular weight excluding hydrogens is 296 g/mol. The predicted molar refractivity (Wildman–Crippen MR) is 73.8 cm³/mol. The number of ether oxygens (including phenoxy) is 1. The molecular formula is C13H17BrN2O2. The van der Waals surface area contributed by atoms with E-state index in [4.69, 9.17) is 4.74 Å². The minimum Gasteiger partial charge on any atom is -0.496 e. The molecule has 0 aromatic heterocycles. The molecule has 2 rings (SSSR count). The molecule has 1 saturated heterocycles. The molecule has 4 nitrogen and oxygen atoms in total. The van der Waals surface area contributed by atoms with Crippen LogP contribution in [0.3, 0.4) is 0 Å². The summed E-state index contributed by atoms with van der Waals surface area (Å²) in [5.74, 6) is 0.820. The summed E-state index contributed by atoms with van der Waals surface area (Å²) in [7, 11) is 3.49. The van der Waals surface area contributed by atoms with Gasteiger partial charge in [0.15, 0.2) is 0 Å². The number of nitrogens with zero attached hydrogens (tertiary/aromatic N) is 2. The first kappa shape index (κ1) is 13.2. The van der Waals surface area contributed by atoms with Crippen LogP contribution in [0.2, 0.25) is 0 Å². The maximum absolute atomic E-state index is 12.0. The van der Waals surface area contributed by atoms with Crippen molar-refractivity contribution in [3.05, 3.63) is 28.2 Å². The summed E-state index contributed by atoms with van der Waals surface area (Å²) in [5.41, 5.74) is 1.04. The van der Waals surface area contributed by atoms with E-state index < -0.39 is 0 Å². The molecule has 0 saturated carbocycles. The van der Waals surface area contributed by atoms with Crippen LogP contribution in [0.4, 0.5) is 4.79 Å². The van der Waals surface area contributed by atoms with Crippen molar-refractivity contribution in [2.24, 2.45) is 0 Å². The van der Waals surface area contributed by atoms with E-state index in [1.54, 1.807) is 12.0 Å². The van der Waals surface area contributed by atoms with Crippen molar-refractivity contribution < 1.29 is 9.53 Å². The Balaban J connectivity index is 2.37. The topological polar surface area (TPSA) is 32.8 Å². The van der Waals surface area contributed by atoms with Gasteiger partial charge in [-0.15, -0.1) is 0 Å². The van der Waals surface area contributed by atoms with E-state index in [0.717, 1.165) is 22.3 Å². The van der Waals surface area contributed by atoms with E-state index in [9.17, 15) is 4.79 Å². The lowest BCUT2D eigenvalue weighted by molar-refractivity contribution is 0.197. The molecule has 1 aromatic rings. The van der Waals surface area contributed by atoms with E-state index in [0.29, 0.717) is 6.54 Å². The molecule has 1 aliphatic rings. The quantitative estimate of drug-likeness (QED) is 0.859. The zero-order valence-electron chi connectivity index (χ0n) is 10.8. The predicted octanol–water partition coefficient (Wildman–Crippen LogP) is 2.89. The van der Waals surface area contributed by atoms with Crippen molar-refractivity contribution in [1.29, 1.82) is 0 Å². The smallest absolute Gasteiger partial charge is 0.320 e. The fourth-order valence-electron chi connectivity index (χ4n) is 2.30. The molecule has 18 heavy (non-hydrogen) atoms. The van der Waals surface area contributed by atoms with Gasteiger partial charge < -0.3 is 14.5 Å². The molecule has 1 aromatic carbocycles. The number of halogens is 1. The van der Waals surface area contributed by atoms with Gasteiger partial charge in [0.05, 0.1) is 13.2 Å². The molecule has 1 unspecified atom stereocenters. The standard InChI is InChI=1S/C13H17BrN2O2/c1-4-16-8-11(15(2)13(16)17)10-7-9(14)5-6-12(10)18-3/h5-7,11H,4,8H2,1-3H3. The second-order valence-corrected chi connectivity index (χ2v) is 5.25.